The zero-order chi connectivity index (χ0) is 11.0. The molecule has 0 bridgehead atoms. The van der Waals surface area contributed by atoms with E-state index in [0.717, 1.165) is 25.2 Å². The molecule has 0 saturated carbocycles. The van der Waals surface area contributed by atoms with Gasteiger partial charge in [0.05, 0.1) is 11.8 Å². The third kappa shape index (κ3) is 1.57. The van der Waals surface area contributed by atoms with Gasteiger partial charge in [0, 0.05) is 19.6 Å². The molecule has 0 amide bonds. The third-order valence-electron chi connectivity index (χ3n) is 2.98. The van der Waals surface area contributed by atoms with Crippen molar-refractivity contribution in [2.24, 2.45) is 0 Å². The van der Waals surface area contributed by atoms with Crippen LogP contribution in [0.25, 0.3) is 0 Å². The maximum absolute atomic E-state index is 5.67. The van der Waals surface area contributed by atoms with Gasteiger partial charge in [0.2, 0.25) is 5.88 Å². The van der Waals surface area contributed by atoms with E-state index in [1.807, 2.05) is 0 Å². The molecule has 3 rings (SSSR count). The standard InChI is InChI=1S/C12H13N3O/c13-12-11(5-14-16-12)8-15-6-9-3-1-2-4-10(9)7-15/h1-5H,6-8,13H2. The molecule has 0 fully saturated rings. The largest absolute Gasteiger partial charge is 0.367 e. The van der Waals surface area contributed by atoms with Crippen molar-refractivity contribution in [1.82, 2.24) is 10.1 Å². The Bertz CT molecular complexity index is 481. The molecular weight excluding hydrogens is 202 g/mol. The van der Waals surface area contributed by atoms with Gasteiger partial charge in [-0.15, -0.1) is 0 Å². The Hall–Kier alpha value is -1.81. The van der Waals surface area contributed by atoms with Crippen molar-refractivity contribution in [1.29, 1.82) is 0 Å². The molecule has 2 aromatic rings. The Balaban J connectivity index is 1.75. The minimum absolute atomic E-state index is 0.427. The Kier molecular flexibility index (Phi) is 2.15. The number of anilines is 1. The maximum Gasteiger partial charge on any atom is 0.226 e. The topological polar surface area (TPSA) is 55.3 Å². The van der Waals surface area contributed by atoms with Crippen LogP contribution in [0.1, 0.15) is 16.7 Å². The van der Waals surface area contributed by atoms with Gasteiger partial charge in [-0.25, -0.2) is 0 Å². The van der Waals surface area contributed by atoms with Gasteiger partial charge in [-0.3, -0.25) is 4.90 Å². The number of aromatic nitrogens is 1. The highest BCUT2D eigenvalue weighted by Crippen LogP contribution is 2.25. The Morgan fingerprint density at radius 1 is 1.25 bits per heavy atom. The number of nitrogens with zero attached hydrogens (tertiary/aromatic N) is 2. The summed E-state index contributed by atoms with van der Waals surface area (Å²) in [5.74, 6) is 0.427. The highest BCUT2D eigenvalue weighted by Gasteiger charge is 2.19. The summed E-state index contributed by atoms with van der Waals surface area (Å²) in [4.78, 5) is 2.33. The predicted octanol–water partition coefficient (Wildman–Crippen LogP) is 1.77. The molecule has 0 radical (unpaired) electrons. The molecule has 0 atom stereocenters. The first kappa shape index (κ1) is 9.42. The fraction of sp³-hybridized carbons (Fsp3) is 0.250. The predicted molar refractivity (Wildman–Crippen MR) is 60.3 cm³/mol. The van der Waals surface area contributed by atoms with Gasteiger partial charge in [-0.2, -0.15) is 0 Å². The molecule has 1 aliphatic rings. The zero-order valence-electron chi connectivity index (χ0n) is 8.89. The van der Waals surface area contributed by atoms with Crippen LogP contribution in [0.5, 0.6) is 0 Å². The smallest absolute Gasteiger partial charge is 0.226 e. The molecule has 0 aliphatic carbocycles. The van der Waals surface area contributed by atoms with E-state index in [4.69, 9.17) is 10.3 Å². The lowest BCUT2D eigenvalue weighted by Crippen LogP contribution is -2.15. The van der Waals surface area contributed by atoms with E-state index < -0.39 is 0 Å². The van der Waals surface area contributed by atoms with E-state index >= 15 is 0 Å². The van der Waals surface area contributed by atoms with Crippen molar-refractivity contribution in [3.8, 4) is 0 Å². The van der Waals surface area contributed by atoms with Crippen molar-refractivity contribution < 1.29 is 4.52 Å². The summed E-state index contributed by atoms with van der Waals surface area (Å²) in [5, 5.41) is 3.69. The van der Waals surface area contributed by atoms with Crippen molar-refractivity contribution in [2.75, 3.05) is 5.73 Å². The van der Waals surface area contributed by atoms with Crippen molar-refractivity contribution in [3.05, 3.63) is 47.2 Å². The van der Waals surface area contributed by atoms with Crippen LogP contribution < -0.4 is 5.73 Å². The molecule has 16 heavy (non-hydrogen) atoms. The van der Waals surface area contributed by atoms with Crippen molar-refractivity contribution >= 4 is 5.88 Å². The van der Waals surface area contributed by atoms with E-state index in [2.05, 4.69) is 34.3 Å². The number of rotatable bonds is 2. The normalized spacial score (nSPS) is 15.2. The first-order chi connectivity index (χ1) is 7.83. The monoisotopic (exact) mass is 215 g/mol. The highest BCUT2D eigenvalue weighted by atomic mass is 16.5. The molecule has 2 heterocycles. The van der Waals surface area contributed by atoms with Crippen LogP contribution >= 0.6 is 0 Å². The van der Waals surface area contributed by atoms with Gasteiger partial charge >= 0.3 is 0 Å². The maximum atomic E-state index is 5.67. The van der Waals surface area contributed by atoms with Crippen LogP contribution in [-0.4, -0.2) is 10.1 Å². The van der Waals surface area contributed by atoms with E-state index in [1.54, 1.807) is 6.20 Å². The molecule has 4 nitrogen and oxygen atoms in total. The van der Waals surface area contributed by atoms with Crippen LogP contribution in [0.4, 0.5) is 5.88 Å². The number of fused-ring (bicyclic) bond motifs is 1. The highest BCUT2D eigenvalue weighted by molar-refractivity contribution is 5.35. The fourth-order valence-electron chi connectivity index (χ4n) is 2.14. The molecule has 82 valence electrons. The summed E-state index contributed by atoms with van der Waals surface area (Å²) in [6.45, 7) is 2.74. The van der Waals surface area contributed by atoms with Gasteiger partial charge in [-0.05, 0) is 11.1 Å². The second kappa shape index (κ2) is 3.64. The summed E-state index contributed by atoms with van der Waals surface area (Å²) in [5.41, 5.74) is 9.43. The molecule has 0 unspecified atom stereocenters. The van der Waals surface area contributed by atoms with Crippen LogP contribution in [0.3, 0.4) is 0 Å². The Morgan fingerprint density at radius 3 is 2.50 bits per heavy atom. The fourth-order valence-corrected chi connectivity index (χ4v) is 2.14. The zero-order valence-corrected chi connectivity index (χ0v) is 8.89. The molecule has 1 aromatic carbocycles. The lowest BCUT2D eigenvalue weighted by Gasteiger charge is -2.12. The lowest BCUT2D eigenvalue weighted by atomic mass is 10.1. The lowest BCUT2D eigenvalue weighted by molar-refractivity contribution is 0.275. The van der Waals surface area contributed by atoms with Crippen LogP contribution in [0, 0.1) is 0 Å². The van der Waals surface area contributed by atoms with Gasteiger partial charge in [0.25, 0.3) is 0 Å². The molecule has 1 aliphatic heterocycles. The second-order valence-electron chi connectivity index (χ2n) is 4.13. The molecule has 0 saturated heterocycles. The first-order valence-corrected chi connectivity index (χ1v) is 5.31. The SMILES string of the molecule is Nc1oncc1CN1Cc2ccccc2C1. The third-order valence-corrected chi connectivity index (χ3v) is 2.98. The van der Waals surface area contributed by atoms with Gasteiger partial charge in [0.15, 0.2) is 0 Å². The van der Waals surface area contributed by atoms with E-state index in [9.17, 15) is 0 Å². The Morgan fingerprint density at radius 2 is 1.94 bits per heavy atom. The summed E-state index contributed by atoms with van der Waals surface area (Å²) >= 11 is 0. The van der Waals surface area contributed by atoms with E-state index in [1.165, 1.54) is 11.1 Å². The molecule has 0 spiro atoms. The number of nitrogens with two attached hydrogens (primary N) is 1. The molecule has 2 N–H and O–H groups in total. The minimum atomic E-state index is 0.427. The average molecular weight is 215 g/mol. The number of hydrogen-bond acceptors (Lipinski definition) is 4. The molecule has 4 heteroatoms. The van der Waals surface area contributed by atoms with Gasteiger partial charge in [-0.1, -0.05) is 29.4 Å². The van der Waals surface area contributed by atoms with E-state index in [0.29, 0.717) is 5.88 Å². The van der Waals surface area contributed by atoms with Crippen LogP contribution in [0.15, 0.2) is 35.0 Å². The molecular formula is C12H13N3O. The van der Waals surface area contributed by atoms with E-state index in [-0.39, 0.29) is 0 Å². The van der Waals surface area contributed by atoms with Crippen molar-refractivity contribution in [2.45, 2.75) is 19.6 Å². The van der Waals surface area contributed by atoms with Gasteiger partial charge in [0.1, 0.15) is 0 Å². The first-order valence-electron chi connectivity index (χ1n) is 5.31. The number of nitrogen functional groups attached to an aromatic ring is 1. The summed E-state index contributed by atoms with van der Waals surface area (Å²) in [6, 6.07) is 8.50. The molecule has 1 aromatic heterocycles. The van der Waals surface area contributed by atoms with Gasteiger partial charge < -0.3 is 10.3 Å². The second-order valence-corrected chi connectivity index (χ2v) is 4.13. The minimum Gasteiger partial charge on any atom is -0.367 e. The summed E-state index contributed by atoms with van der Waals surface area (Å²) in [6.07, 6.45) is 1.69. The number of hydrogen-bond donors (Lipinski definition) is 1. The summed E-state index contributed by atoms with van der Waals surface area (Å²) in [7, 11) is 0. The summed E-state index contributed by atoms with van der Waals surface area (Å²) < 4.78 is 4.85. The Labute approximate surface area is 93.6 Å². The average Bonchev–Trinajstić information content (AvgIpc) is 2.85. The van der Waals surface area contributed by atoms with Crippen LogP contribution in [-0.2, 0) is 19.6 Å². The number of benzene rings is 1. The van der Waals surface area contributed by atoms with Crippen molar-refractivity contribution in [3.63, 3.8) is 0 Å². The quantitative estimate of drug-likeness (QED) is 0.829. The van der Waals surface area contributed by atoms with Crippen LogP contribution in [0.2, 0.25) is 0 Å².